The van der Waals surface area contributed by atoms with Crippen molar-refractivity contribution in [3.63, 3.8) is 0 Å². The number of piperazine rings is 1. The van der Waals surface area contributed by atoms with E-state index in [9.17, 15) is 31.5 Å². The molecule has 0 saturated carbocycles. The maximum Gasteiger partial charge on any atom is 0.390 e. The molecule has 39 heavy (non-hydrogen) atoms. The lowest BCUT2D eigenvalue weighted by Crippen LogP contribution is -2.52. The summed E-state index contributed by atoms with van der Waals surface area (Å²) < 4.78 is 67.6. The largest absolute Gasteiger partial charge is 0.390 e. The molecule has 0 unspecified atom stereocenters. The van der Waals surface area contributed by atoms with Crippen LogP contribution in [-0.4, -0.2) is 55.1 Å². The number of nitrogens with zero attached hydrogens (tertiary/aromatic N) is 2. The van der Waals surface area contributed by atoms with Crippen molar-refractivity contribution in [1.29, 1.82) is 0 Å². The molecule has 1 atom stereocenters. The maximum atomic E-state index is 14.9. The van der Waals surface area contributed by atoms with E-state index in [1.807, 2.05) is 11.8 Å². The van der Waals surface area contributed by atoms with Gasteiger partial charge < -0.3 is 15.5 Å². The van der Waals surface area contributed by atoms with Crippen LogP contribution in [0.1, 0.15) is 50.0 Å². The zero-order valence-corrected chi connectivity index (χ0v) is 22.9. The lowest BCUT2D eigenvalue weighted by Gasteiger charge is -2.41. The fourth-order valence-corrected chi connectivity index (χ4v) is 4.39. The lowest BCUT2D eigenvalue weighted by molar-refractivity contribution is -0.139. The van der Waals surface area contributed by atoms with E-state index >= 15 is 0 Å². The van der Waals surface area contributed by atoms with E-state index in [0.29, 0.717) is 36.0 Å². The summed E-state index contributed by atoms with van der Waals surface area (Å²) in [5.74, 6) is -3.82. The average molecular weight is 575 g/mol. The van der Waals surface area contributed by atoms with Gasteiger partial charge in [-0.1, -0.05) is 38.4 Å². The van der Waals surface area contributed by atoms with E-state index in [0.717, 1.165) is 6.07 Å². The molecular formula is C27H32ClF5N4O2. The Bertz CT molecular complexity index is 1220. The predicted octanol–water partition coefficient (Wildman–Crippen LogP) is 6.00. The fourth-order valence-electron chi connectivity index (χ4n) is 4.22. The van der Waals surface area contributed by atoms with Gasteiger partial charge in [0, 0.05) is 54.8 Å². The minimum absolute atomic E-state index is 0.105. The number of hydrogen-bond donors (Lipinski definition) is 2. The molecular weight excluding hydrogens is 543 g/mol. The Morgan fingerprint density at radius 3 is 2.36 bits per heavy atom. The molecule has 1 aliphatic rings. The molecule has 2 amide bonds. The van der Waals surface area contributed by atoms with Gasteiger partial charge in [-0.05, 0) is 31.2 Å². The van der Waals surface area contributed by atoms with Crippen LogP contribution in [0.5, 0.6) is 0 Å². The molecule has 0 spiro atoms. The lowest BCUT2D eigenvalue weighted by atomic mass is 9.95. The standard InChI is InChI=1S/C27H32ClF5N4O2/c1-16-15-37(12-11-36(16)10-9-27(31,32)33)21-13-18(28)6-8-20(21)35-24(38)19-7-5-17(22(29)23(19)30)14-34-25(39)26(2,3)4/h5-8,13,16H,9-12,14-15H2,1-4H3,(H,34,39)(H,35,38)/t16-/m0/s1. The highest BCUT2D eigenvalue weighted by Gasteiger charge is 2.32. The normalized spacial score (nSPS) is 16.8. The van der Waals surface area contributed by atoms with Crippen LogP contribution in [0, 0.1) is 17.0 Å². The molecule has 6 nitrogen and oxygen atoms in total. The summed E-state index contributed by atoms with van der Waals surface area (Å²) in [7, 11) is 0. The first-order valence-electron chi connectivity index (χ1n) is 12.5. The van der Waals surface area contributed by atoms with Gasteiger partial charge in [0.05, 0.1) is 23.4 Å². The van der Waals surface area contributed by atoms with Crippen molar-refractivity contribution in [2.45, 2.75) is 52.9 Å². The average Bonchev–Trinajstić information content (AvgIpc) is 2.83. The second-order valence-electron chi connectivity index (χ2n) is 10.6. The third-order valence-corrected chi connectivity index (χ3v) is 6.76. The first-order chi connectivity index (χ1) is 18.1. The number of carbonyl (C=O) groups excluding carboxylic acids is 2. The molecule has 1 saturated heterocycles. The molecule has 0 aromatic heterocycles. The molecule has 12 heteroatoms. The Morgan fingerprint density at radius 2 is 1.74 bits per heavy atom. The van der Waals surface area contributed by atoms with Crippen molar-refractivity contribution in [3.8, 4) is 0 Å². The first-order valence-corrected chi connectivity index (χ1v) is 12.9. The number of alkyl halides is 3. The van der Waals surface area contributed by atoms with Gasteiger partial charge in [-0.3, -0.25) is 14.5 Å². The van der Waals surface area contributed by atoms with Crippen molar-refractivity contribution in [1.82, 2.24) is 10.2 Å². The highest BCUT2D eigenvalue weighted by Crippen LogP contribution is 2.32. The predicted molar refractivity (Wildman–Crippen MR) is 141 cm³/mol. The van der Waals surface area contributed by atoms with E-state index < -0.39 is 41.1 Å². The fraction of sp³-hybridized carbons (Fsp3) is 0.481. The van der Waals surface area contributed by atoms with Gasteiger partial charge in [0.15, 0.2) is 11.6 Å². The number of hydrogen-bond acceptors (Lipinski definition) is 4. The zero-order valence-electron chi connectivity index (χ0n) is 22.2. The van der Waals surface area contributed by atoms with Crippen LogP contribution < -0.4 is 15.5 Å². The summed E-state index contributed by atoms with van der Waals surface area (Å²) in [5, 5.41) is 5.51. The van der Waals surface area contributed by atoms with Crippen molar-refractivity contribution in [2.75, 3.05) is 36.4 Å². The summed E-state index contributed by atoms with van der Waals surface area (Å²) in [5.41, 5.74) is -0.531. The van der Waals surface area contributed by atoms with Crippen LogP contribution in [0.15, 0.2) is 30.3 Å². The van der Waals surface area contributed by atoms with E-state index in [1.165, 1.54) is 18.2 Å². The van der Waals surface area contributed by atoms with Gasteiger partial charge in [0.2, 0.25) is 5.91 Å². The molecule has 1 heterocycles. The Hall–Kier alpha value is -2.92. The van der Waals surface area contributed by atoms with Crippen LogP contribution in [-0.2, 0) is 11.3 Å². The van der Waals surface area contributed by atoms with Crippen LogP contribution in [0.2, 0.25) is 5.02 Å². The minimum atomic E-state index is -4.24. The molecule has 0 bridgehead atoms. The monoisotopic (exact) mass is 574 g/mol. The van der Waals surface area contributed by atoms with Gasteiger partial charge in [0.25, 0.3) is 5.91 Å². The zero-order chi connectivity index (χ0) is 29.1. The minimum Gasteiger partial charge on any atom is -0.367 e. The van der Waals surface area contributed by atoms with Gasteiger partial charge in [-0.2, -0.15) is 13.2 Å². The summed E-state index contributed by atoms with van der Waals surface area (Å²) >= 11 is 6.18. The highest BCUT2D eigenvalue weighted by atomic mass is 35.5. The Morgan fingerprint density at radius 1 is 1.05 bits per heavy atom. The van der Waals surface area contributed by atoms with E-state index in [1.54, 1.807) is 31.7 Å². The first kappa shape index (κ1) is 30.6. The number of amides is 2. The SMILES string of the molecule is C[C@H]1CN(c2cc(Cl)ccc2NC(=O)c2ccc(CNC(=O)C(C)(C)C)c(F)c2F)CCN1CCC(F)(F)F. The molecule has 2 N–H and O–H groups in total. The molecule has 2 aromatic rings. The molecule has 1 fully saturated rings. The van der Waals surface area contributed by atoms with E-state index in [-0.39, 0.29) is 30.6 Å². The number of nitrogens with one attached hydrogen (secondary N) is 2. The molecule has 214 valence electrons. The number of carbonyl (C=O) groups is 2. The van der Waals surface area contributed by atoms with Gasteiger partial charge in [-0.15, -0.1) is 0 Å². The molecule has 0 radical (unpaired) electrons. The van der Waals surface area contributed by atoms with E-state index in [2.05, 4.69) is 10.6 Å². The third-order valence-electron chi connectivity index (χ3n) is 6.52. The van der Waals surface area contributed by atoms with E-state index in [4.69, 9.17) is 11.6 Å². The Labute approximate surface area is 229 Å². The summed E-state index contributed by atoms with van der Waals surface area (Å²) in [4.78, 5) is 28.6. The van der Waals surface area contributed by atoms with Crippen molar-refractivity contribution in [2.24, 2.45) is 5.41 Å². The molecule has 0 aliphatic carbocycles. The topological polar surface area (TPSA) is 64.7 Å². The highest BCUT2D eigenvalue weighted by molar-refractivity contribution is 6.31. The smallest absolute Gasteiger partial charge is 0.367 e. The second kappa shape index (κ2) is 12.1. The summed E-state index contributed by atoms with van der Waals surface area (Å²) in [6, 6.07) is 6.83. The summed E-state index contributed by atoms with van der Waals surface area (Å²) in [6.07, 6.45) is -5.14. The molecule has 3 rings (SSSR count). The number of anilines is 2. The summed E-state index contributed by atoms with van der Waals surface area (Å²) in [6.45, 7) is 7.64. The number of benzene rings is 2. The maximum absolute atomic E-state index is 14.9. The van der Waals surface area contributed by atoms with Gasteiger partial charge >= 0.3 is 6.18 Å². The van der Waals surface area contributed by atoms with Crippen LogP contribution in [0.4, 0.5) is 33.3 Å². The number of rotatable bonds is 7. The second-order valence-corrected chi connectivity index (χ2v) is 11.1. The Balaban J connectivity index is 1.74. The number of halogens is 6. The van der Waals surface area contributed by atoms with Gasteiger partial charge in [-0.25, -0.2) is 8.78 Å². The van der Waals surface area contributed by atoms with Crippen LogP contribution in [0.25, 0.3) is 0 Å². The quantitative estimate of drug-likeness (QED) is 0.399. The van der Waals surface area contributed by atoms with Crippen molar-refractivity contribution < 1.29 is 31.5 Å². The van der Waals surface area contributed by atoms with Gasteiger partial charge in [0.1, 0.15) is 0 Å². The molecule has 2 aromatic carbocycles. The van der Waals surface area contributed by atoms with Crippen LogP contribution in [0.3, 0.4) is 0 Å². The van der Waals surface area contributed by atoms with Crippen LogP contribution >= 0.6 is 11.6 Å². The van der Waals surface area contributed by atoms with Crippen molar-refractivity contribution in [3.05, 3.63) is 58.1 Å². The molecule has 1 aliphatic heterocycles. The third kappa shape index (κ3) is 8.04. The van der Waals surface area contributed by atoms with Crippen molar-refractivity contribution >= 4 is 34.8 Å². The Kier molecular flexibility index (Phi) is 9.48.